The van der Waals surface area contributed by atoms with Gasteiger partial charge in [-0.3, -0.25) is 4.79 Å². The van der Waals surface area contributed by atoms with Crippen LogP contribution in [0, 0.1) is 0 Å². The van der Waals surface area contributed by atoms with Crippen molar-refractivity contribution < 1.29 is 9.90 Å². The topological polar surface area (TPSA) is 75.1 Å². The van der Waals surface area contributed by atoms with E-state index in [-0.39, 0.29) is 0 Å². The molecule has 2 aromatic rings. The predicted octanol–water partition coefficient (Wildman–Crippen LogP) is 2.79. The van der Waals surface area contributed by atoms with Crippen molar-refractivity contribution in [2.45, 2.75) is 13.0 Å². The van der Waals surface area contributed by atoms with E-state index in [4.69, 9.17) is 5.11 Å². The molecule has 0 aliphatic heterocycles. The summed E-state index contributed by atoms with van der Waals surface area (Å²) in [7, 11) is 0. The highest BCUT2D eigenvalue weighted by molar-refractivity contribution is 9.10. The molecule has 1 unspecified atom stereocenters. The molecule has 6 heteroatoms. The number of aliphatic carboxylic acids is 1. The number of benzene rings is 1. The van der Waals surface area contributed by atoms with Crippen molar-refractivity contribution in [3.05, 3.63) is 40.9 Å². The van der Waals surface area contributed by atoms with Gasteiger partial charge in [0.1, 0.15) is 11.9 Å². The summed E-state index contributed by atoms with van der Waals surface area (Å²) in [5, 5.41) is 19.6. The molecule has 1 heterocycles. The second-order valence-corrected chi connectivity index (χ2v) is 4.84. The van der Waals surface area contributed by atoms with Gasteiger partial charge < -0.3 is 10.4 Å². The van der Waals surface area contributed by atoms with Crippen molar-refractivity contribution in [2.75, 3.05) is 5.32 Å². The molecule has 1 aromatic heterocycles. The molecule has 2 rings (SSSR count). The minimum Gasteiger partial charge on any atom is -0.480 e. The van der Waals surface area contributed by atoms with Gasteiger partial charge in [-0.25, -0.2) is 0 Å². The Labute approximate surface area is 118 Å². The highest BCUT2D eigenvalue weighted by Gasteiger charge is 2.11. The molecule has 5 nitrogen and oxygen atoms in total. The molecule has 0 saturated carbocycles. The van der Waals surface area contributed by atoms with E-state index < -0.39 is 12.0 Å². The number of aromatic nitrogens is 2. The van der Waals surface area contributed by atoms with Gasteiger partial charge in [0.15, 0.2) is 0 Å². The average Bonchev–Trinajstić information content (AvgIpc) is 2.40. The first-order valence-electron chi connectivity index (χ1n) is 5.66. The number of carboxylic acid groups (broad SMARTS) is 1. The van der Waals surface area contributed by atoms with Crippen LogP contribution in [0.5, 0.6) is 0 Å². The first kappa shape index (κ1) is 13.5. The van der Waals surface area contributed by atoms with Crippen LogP contribution in [0.15, 0.2) is 40.9 Å². The van der Waals surface area contributed by atoms with Crippen LogP contribution < -0.4 is 5.32 Å². The van der Waals surface area contributed by atoms with E-state index in [0.717, 1.165) is 15.7 Å². The minimum atomic E-state index is -0.934. The summed E-state index contributed by atoms with van der Waals surface area (Å²) in [6.45, 7) is 1.55. The number of hydrogen-bond donors (Lipinski definition) is 2. The molecule has 0 aliphatic rings. The molecular formula is C13H12BrN3O2. The fourth-order valence-corrected chi connectivity index (χ4v) is 1.99. The highest BCUT2D eigenvalue weighted by atomic mass is 79.9. The Morgan fingerprint density at radius 2 is 2.00 bits per heavy atom. The number of halogens is 1. The fraction of sp³-hybridized carbons (Fsp3) is 0.154. The van der Waals surface area contributed by atoms with Crippen LogP contribution in [0.25, 0.3) is 11.3 Å². The van der Waals surface area contributed by atoms with Gasteiger partial charge in [-0.15, -0.1) is 10.2 Å². The normalized spacial score (nSPS) is 11.9. The molecule has 0 amide bonds. The van der Waals surface area contributed by atoms with E-state index >= 15 is 0 Å². The lowest BCUT2D eigenvalue weighted by molar-refractivity contribution is -0.137. The van der Waals surface area contributed by atoms with E-state index in [1.165, 1.54) is 0 Å². The standard InChI is InChI=1S/C13H12BrN3O2/c1-8(13(18)19)15-12-7-6-11(16-17-12)9-4-2-3-5-10(9)14/h2-8H,1H3,(H,15,17)(H,18,19). The summed E-state index contributed by atoms with van der Waals surface area (Å²) < 4.78 is 0.934. The molecule has 19 heavy (non-hydrogen) atoms. The SMILES string of the molecule is CC(Nc1ccc(-c2ccccc2Br)nn1)C(=O)O. The Morgan fingerprint density at radius 1 is 1.26 bits per heavy atom. The maximum Gasteiger partial charge on any atom is 0.325 e. The minimum absolute atomic E-state index is 0.436. The number of rotatable bonds is 4. The third kappa shape index (κ3) is 3.29. The van der Waals surface area contributed by atoms with Gasteiger partial charge in [-0.2, -0.15) is 0 Å². The fourth-order valence-electron chi connectivity index (χ4n) is 1.51. The Kier molecular flexibility index (Phi) is 4.11. The van der Waals surface area contributed by atoms with E-state index in [1.54, 1.807) is 19.1 Å². The monoisotopic (exact) mass is 321 g/mol. The van der Waals surface area contributed by atoms with Crippen molar-refractivity contribution >= 4 is 27.7 Å². The molecule has 0 fully saturated rings. The van der Waals surface area contributed by atoms with E-state index in [2.05, 4.69) is 31.4 Å². The molecule has 1 atom stereocenters. The number of anilines is 1. The van der Waals surface area contributed by atoms with Gasteiger partial charge in [0.2, 0.25) is 0 Å². The lowest BCUT2D eigenvalue weighted by Gasteiger charge is -2.09. The zero-order valence-electron chi connectivity index (χ0n) is 10.2. The molecular weight excluding hydrogens is 310 g/mol. The van der Waals surface area contributed by atoms with Gasteiger partial charge in [0.05, 0.1) is 5.69 Å². The lowest BCUT2D eigenvalue weighted by atomic mass is 10.1. The second kappa shape index (κ2) is 5.79. The maximum absolute atomic E-state index is 10.7. The quantitative estimate of drug-likeness (QED) is 0.905. The molecule has 0 radical (unpaired) electrons. The van der Waals surface area contributed by atoms with Crippen molar-refractivity contribution in [3.63, 3.8) is 0 Å². The number of carbonyl (C=O) groups is 1. The molecule has 0 bridgehead atoms. The van der Waals surface area contributed by atoms with E-state index in [0.29, 0.717) is 5.82 Å². The second-order valence-electron chi connectivity index (χ2n) is 3.99. The summed E-state index contributed by atoms with van der Waals surface area (Å²) in [4.78, 5) is 10.7. The third-order valence-electron chi connectivity index (χ3n) is 2.55. The number of carboxylic acids is 1. The lowest BCUT2D eigenvalue weighted by Crippen LogP contribution is -2.25. The van der Waals surface area contributed by atoms with Gasteiger partial charge in [0, 0.05) is 10.0 Å². The van der Waals surface area contributed by atoms with Gasteiger partial charge in [-0.1, -0.05) is 34.1 Å². The van der Waals surface area contributed by atoms with Crippen molar-refractivity contribution in [2.24, 2.45) is 0 Å². The van der Waals surface area contributed by atoms with Crippen LogP contribution in [-0.4, -0.2) is 27.3 Å². The molecule has 0 spiro atoms. The van der Waals surface area contributed by atoms with Gasteiger partial charge >= 0.3 is 5.97 Å². The van der Waals surface area contributed by atoms with Crippen LogP contribution in [0.4, 0.5) is 5.82 Å². The highest BCUT2D eigenvalue weighted by Crippen LogP contribution is 2.26. The Morgan fingerprint density at radius 3 is 2.58 bits per heavy atom. The zero-order valence-corrected chi connectivity index (χ0v) is 11.8. The van der Waals surface area contributed by atoms with Gasteiger partial charge in [0.25, 0.3) is 0 Å². The van der Waals surface area contributed by atoms with Crippen LogP contribution in [-0.2, 0) is 4.79 Å². The van der Waals surface area contributed by atoms with Crippen LogP contribution in [0.3, 0.4) is 0 Å². The molecule has 98 valence electrons. The van der Waals surface area contributed by atoms with Crippen molar-refractivity contribution in [3.8, 4) is 11.3 Å². The molecule has 0 aliphatic carbocycles. The van der Waals surface area contributed by atoms with Crippen molar-refractivity contribution in [1.29, 1.82) is 0 Å². The van der Waals surface area contributed by atoms with Crippen molar-refractivity contribution in [1.82, 2.24) is 10.2 Å². The van der Waals surface area contributed by atoms with Gasteiger partial charge in [-0.05, 0) is 25.1 Å². The summed E-state index contributed by atoms with van der Waals surface area (Å²) >= 11 is 3.45. The summed E-state index contributed by atoms with van der Waals surface area (Å²) in [6, 6.07) is 10.5. The van der Waals surface area contributed by atoms with E-state index in [1.807, 2.05) is 24.3 Å². The zero-order chi connectivity index (χ0) is 13.8. The first-order chi connectivity index (χ1) is 9.08. The summed E-state index contributed by atoms with van der Waals surface area (Å²) in [5.74, 6) is -0.498. The Balaban J connectivity index is 2.19. The average molecular weight is 322 g/mol. The largest absolute Gasteiger partial charge is 0.480 e. The first-order valence-corrected chi connectivity index (χ1v) is 6.45. The number of nitrogens with zero attached hydrogens (tertiary/aromatic N) is 2. The molecule has 2 N–H and O–H groups in total. The Bertz CT molecular complexity index is 587. The predicted molar refractivity (Wildman–Crippen MR) is 75.9 cm³/mol. The molecule has 0 saturated heterocycles. The maximum atomic E-state index is 10.7. The molecule has 1 aromatic carbocycles. The smallest absolute Gasteiger partial charge is 0.325 e. The third-order valence-corrected chi connectivity index (χ3v) is 3.24. The van der Waals surface area contributed by atoms with Crippen LogP contribution >= 0.6 is 15.9 Å². The summed E-state index contributed by atoms with van der Waals surface area (Å²) in [5.41, 5.74) is 1.66. The summed E-state index contributed by atoms with van der Waals surface area (Å²) in [6.07, 6.45) is 0. The van der Waals surface area contributed by atoms with Crippen LogP contribution in [0.1, 0.15) is 6.92 Å². The number of nitrogens with one attached hydrogen (secondary N) is 1. The number of hydrogen-bond acceptors (Lipinski definition) is 4. The van der Waals surface area contributed by atoms with Crippen LogP contribution in [0.2, 0.25) is 0 Å². The van der Waals surface area contributed by atoms with E-state index in [9.17, 15) is 4.79 Å². The Hall–Kier alpha value is -1.95.